The van der Waals surface area contributed by atoms with Crippen molar-refractivity contribution < 1.29 is 8.42 Å². The zero-order valence-corrected chi connectivity index (χ0v) is 10.5. The molecule has 0 atom stereocenters. The molecule has 2 rings (SSSR count). The summed E-state index contributed by atoms with van der Waals surface area (Å²) in [4.78, 5) is 0.491. The number of benzene rings is 1. The van der Waals surface area contributed by atoms with Crippen LogP contribution >= 0.6 is 0 Å². The lowest BCUT2D eigenvalue weighted by molar-refractivity contribution is 0.483. The van der Waals surface area contributed by atoms with Crippen LogP contribution in [0, 0.1) is 6.92 Å². The van der Waals surface area contributed by atoms with Crippen LogP contribution in [0.1, 0.15) is 37.7 Å². The summed E-state index contributed by atoms with van der Waals surface area (Å²) >= 11 is 0. The Hall–Kier alpha value is -0.830. The molecule has 0 spiro atoms. The lowest BCUT2D eigenvalue weighted by Crippen LogP contribution is -2.24. The van der Waals surface area contributed by atoms with E-state index < -0.39 is 9.84 Å². The first-order chi connectivity index (χ1) is 7.60. The van der Waals surface area contributed by atoms with Gasteiger partial charge in [-0.25, -0.2) is 8.42 Å². The van der Waals surface area contributed by atoms with Crippen LogP contribution < -0.4 is 0 Å². The fraction of sp³-hybridized carbons (Fsp3) is 0.538. The minimum Gasteiger partial charge on any atom is -0.223 e. The van der Waals surface area contributed by atoms with Gasteiger partial charge >= 0.3 is 0 Å². The van der Waals surface area contributed by atoms with Gasteiger partial charge in [0, 0.05) is 0 Å². The molecule has 16 heavy (non-hydrogen) atoms. The van der Waals surface area contributed by atoms with Gasteiger partial charge in [0.15, 0.2) is 9.84 Å². The van der Waals surface area contributed by atoms with E-state index in [1.807, 2.05) is 19.1 Å². The van der Waals surface area contributed by atoms with Gasteiger partial charge in [-0.3, -0.25) is 0 Å². The van der Waals surface area contributed by atoms with Gasteiger partial charge in [-0.05, 0) is 31.9 Å². The molecule has 1 aliphatic rings. The molecule has 3 heteroatoms. The van der Waals surface area contributed by atoms with E-state index in [0.29, 0.717) is 4.90 Å². The fourth-order valence-electron chi connectivity index (χ4n) is 2.30. The summed E-state index contributed by atoms with van der Waals surface area (Å²) in [6.45, 7) is 1.97. The van der Waals surface area contributed by atoms with Crippen LogP contribution in [0.25, 0.3) is 0 Å². The lowest BCUT2D eigenvalue weighted by Gasteiger charge is -2.21. The van der Waals surface area contributed by atoms with Gasteiger partial charge in [0.2, 0.25) is 0 Å². The fourth-order valence-corrected chi connectivity index (χ4v) is 4.15. The molecule has 1 aromatic carbocycles. The van der Waals surface area contributed by atoms with E-state index in [1.54, 1.807) is 12.1 Å². The lowest BCUT2D eigenvalue weighted by atomic mass is 10.0. The van der Waals surface area contributed by atoms with E-state index in [0.717, 1.165) is 31.2 Å². The topological polar surface area (TPSA) is 34.1 Å². The van der Waals surface area contributed by atoms with Gasteiger partial charge in [-0.15, -0.1) is 0 Å². The number of aryl methyl sites for hydroxylation is 1. The molecular weight excluding hydrogens is 220 g/mol. The largest absolute Gasteiger partial charge is 0.223 e. The second-order valence-corrected chi connectivity index (χ2v) is 6.85. The summed E-state index contributed by atoms with van der Waals surface area (Å²) in [5.74, 6) is 0. The van der Waals surface area contributed by atoms with Crippen molar-refractivity contribution in [1.82, 2.24) is 0 Å². The predicted molar refractivity (Wildman–Crippen MR) is 65.2 cm³/mol. The maximum Gasteiger partial charge on any atom is 0.181 e. The van der Waals surface area contributed by atoms with E-state index in [1.165, 1.54) is 6.42 Å². The van der Waals surface area contributed by atoms with Crippen molar-refractivity contribution in [3.05, 3.63) is 29.8 Å². The minimum atomic E-state index is -3.08. The first-order valence-electron chi connectivity index (χ1n) is 5.91. The van der Waals surface area contributed by atoms with E-state index in [2.05, 4.69) is 0 Å². The second kappa shape index (κ2) is 4.58. The van der Waals surface area contributed by atoms with Crippen molar-refractivity contribution in [2.24, 2.45) is 0 Å². The predicted octanol–water partition coefficient (Wildman–Crippen LogP) is 3.10. The van der Waals surface area contributed by atoms with Crippen molar-refractivity contribution >= 4 is 9.84 Å². The zero-order chi connectivity index (χ0) is 11.6. The normalized spacial score (nSPS) is 18.6. The van der Waals surface area contributed by atoms with Crippen LogP contribution in [-0.2, 0) is 9.84 Å². The Balaban J connectivity index is 2.27. The molecular formula is C13H18O2S. The van der Waals surface area contributed by atoms with Gasteiger partial charge in [0.1, 0.15) is 0 Å². The summed E-state index contributed by atoms with van der Waals surface area (Å²) in [6.07, 6.45) is 4.94. The average molecular weight is 238 g/mol. The third-order valence-corrected chi connectivity index (χ3v) is 5.62. The molecule has 0 aromatic heterocycles. The molecule has 0 radical (unpaired) electrons. The third kappa shape index (κ3) is 2.29. The molecule has 1 saturated carbocycles. The maximum absolute atomic E-state index is 12.3. The van der Waals surface area contributed by atoms with E-state index >= 15 is 0 Å². The average Bonchev–Trinajstić information content (AvgIpc) is 2.31. The van der Waals surface area contributed by atoms with Crippen LogP contribution in [0.4, 0.5) is 0 Å². The van der Waals surface area contributed by atoms with Crippen molar-refractivity contribution in [3.63, 3.8) is 0 Å². The summed E-state index contributed by atoms with van der Waals surface area (Å²) in [6, 6.07) is 7.21. The number of sulfone groups is 1. The molecule has 1 aliphatic carbocycles. The van der Waals surface area contributed by atoms with Crippen molar-refractivity contribution in [2.75, 3.05) is 0 Å². The van der Waals surface area contributed by atoms with Crippen molar-refractivity contribution in [3.8, 4) is 0 Å². The van der Waals surface area contributed by atoms with Gasteiger partial charge in [0.05, 0.1) is 10.1 Å². The molecule has 88 valence electrons. The van der Waals surface area contributed by atoms with Crippen LogP contribution in [0.5, 0.6) is 0 Å². The summed E-state index contributed by atoms with van der Waals surface area (Å²) in [7, 11) is -3.08. The van der Waals surface area contributed by atoms with Crippen molar-refractivity contribution in [2.45, 2.75) is 49.2 Å². The number of rotatable bonds is 2. The Morgan fingerprint density at radius 1 is 1.00 bits per heavy atom. The molecule has 0 saturated heterocycles. The molecule has 1 aromatic rings. The number of hydrogen-bond donors (Lipinski definition) is 0. The molecule has 0 bridgehead atoms. The van der Waals surface area contributed by atoms with E-state index in [-0.39, 0.29) is 5.25 Å². The van der Waals surface area contributed by atoms with Gasteiger partial charge < -0.3 is 0 Å². The van der Waals surface area contributed by atoms with Crippen LogP contribution in [0.15, 0.2) is 29.2 Å². The highest BCUT2D eigenvalue weighted by atomic mass is 32.2. The summed E-state index contributed by atoms with van der Waals surface area (Å²) in [5, 5.41) is -0.149. The Morgan fingerprint density at radius 2 is 1.56 bits per heavy atom. The number of hydrogen-bond acceptors (Lipinski definition) is 2. The van der Waals surface area contributed by atoms with Gasteiger partial charge in [-0.2, -0.15) is 0 Å². The Kier molecular flexibility index (Phi) is 3.33. The molecule has 0 unspecified atom stereocenters. The quantitative estimate of drug-likeness (QED) is 0.793. The molecule has 0 amide bonds. The maximum atomic E-state index is 12.3. The van der Waals surface area contributed by atoms with Crippen LogP contribution in [-0.4, -0.2) is 13.7 Å². The summed E-state index contributed by atoms with van der Waals surface area (Å²) in [5.41, 5.74) is 1.10. The monoisotopic (exact) mass is 238 g/mol. The van der Waals surface area contributed by atoms with Gasteiger partial charge in [-0.1, -0.05) is 37.0 Å². The highest BCUT2D eigenvalue weighted by Gasteiger charge is 2.28. The van der Waals surface area contributed by atoms with Crippen LogP contribution in [0.3, 0.4) is 0 Å². The van der Waals surface area contributed by atoms with Crippen LogP contribution in [0.2, 0.25) is 0 Å². The standard InChI is InChI=1S/C13H18O2S/c1-11-7-9-13(10-8-11)16(14,15)12-5-3-2-4-6-12/h7-10,12H,2-6H2,1H3. The molecule has 1 fully saturated rings. The molecule has 0 heterocycles. The zero-order valence-electron chi connectivity index (χ0n) is 9.65. The highest BCUT2D eigenvalue weighted by Crippen LogP contribution is 2.28. The Morgan fingerprint density at radius 3 is 2.12 bits per heavy atom. The first kappa shape index (κ1) is 11.6. The third-order valence-electron chi connectivity index (χ3n) is 3.34. The summed E-state index contributed by atoms with van der Waals surface area (Å²) < 4.78 is 24.6. The Bertz CT molecular complexity index is 439. The molecule has 0 N–H and O–H groups in total. The van der Waals surface area contributed by atoms with E-state index in [4.69, 9.17) is 0 Å². The first-order valence-corrected chi connectivity index (χ1v) is 7.46. The smallest absolute Gasteiger partial charge is 0.181 e. The molecule has 0 aliphatic heterocycles. The highest BCUT2D eigenvalue weighted by molar-refractivity contribution is 7.92. The SMILES string of the molecule is Cc1ccc(S(=O)(=O)C2CCCCC2)cc1. The van der Waals surface area contributed by atoms with E-state index in [9.17, 15) is 8.42 Å². The van der Waals surface area contributed by atoms with Gasteiger partial charge in [0.25, 0.3) is 0 Å². The second-order valence-electron chi connectivity index (χ2n) is 4.62. The van der Waals surface area contributed by atoms with Crippen molar-refractivity contribution in [1.29, 1.82) is 0 Å². The molecule has 2 nitrogen and oxygen atoms in total. The Labute approximate surface area is 97.6 Å². The minimum absolute atomic E-state index is 0.149.